The highest BCUT2D eigenvalue weighted by atomic mass is 35.5. The van der Waals surface area contributed by atoms with E-state index in [0.29, 0.717) is 11.1 Å². The molecule has 0 aromatic heterocycles. The van der Waals surface area contributed by atoms with Crippen LogP contribution in [-0.2, 0) is 16.6 Å². The van der Waals surface area contributed by atoms with E-state index in [4.69, 9.17) is 17.3 Å². The largest absolute Gasteiger partial charge is 0.326 e. The van der Waals surface area contributed by atoms with Crippen molar-refractivity contribution in [1.29, 1.82) is 0 Å². The lowest BCUT2D eigenvalue weighted by Gasteiger charge is -2.12. The van der Waals surface area contributed by atoms with Gasteiger partial charge in [0.1, 0.15) is 5.82 Å². The van der Waals surface area contributed by atoms with Gasteiger partial charge in [-0.15, -0.1) is 0 Å². The van der Waals surface area contributed by atoms with Gasteiger partial charge in [0.2, 0.25) is 0 Å². The predicted octanol–water partition coefficient (Wildman–Crippen LogP) is 3.05. The third-order valence-corrected chi connectivity index (χ3v) is 4.79. The van der Waals surface area contributed by atoms with E-state index in [2.05, 4.69) is 4.72 Å². The minimum absolute atomic E-state index is 0.00535. The molecule has 0 fully saturated rings. The van der Waals surface area contributed by atoms with Crippen molar-refractivity contribution in [2.45, 2.75) is 18.4 Å². The maximum absolute atomic E-state index is 13.2. The second-order valence-electron chi connectivity index (χ2n) is 4.53. The standard InChI is InChI=1S/C14H14ClFN2O2S/c1-9-2-3-10(8-17)6-14(9)21(19,20)18-13-7-11(16)4-5-12(13)15/h2-7,18H,8,17H2,1H3. The van der Waals surface area contributed by atoms with E-state index in [1.54, 1.807) is 19.1 Å². The highest BCUT2D eigenvalue weighted by Crippen LogP contribution is 2.26. The molecular formula is C14H14ClFN2O2S. The molecule has 0 amide bonds. The molecule has 2 aromatic carbocycles. The fourth-order valence-electron chi connectivity index (χ4n) is 1.84. The number of hydrogen-bond donors (Lipinski definition) is 2. The number of benzene rings is 2. The summed E-state index contributed by atoms with van der Waals surface area (Å²) in [6, 6.07) is 8.39. The van der Waals surface area contributed by atoms with Crippen LogP contribution < -0.4 is 10.5 Å². The Labute approximate surface area is 127 Å². The summed E-state index contributed by atoms with van der Waals surface area (Å²) < 4.78 is 40.4. The summed E-state index contributed by atoms with van der Waals surface area (Å²) in [5, 5.41) is 0.118. The van der Waals surface area contributed by atoms with E-state index >= 15 is 0 Å². The van der Waals surface area contributed by atoms with Crippen LogP contribution in [0.4, 0.5) is 10.1 Å². The van der Waals surface area contributed by atoms with Crippen molar-refractivity contribution in [3.05, 3.63) is 58.4 Å². The molecule has 0 aliphatic rings. The second-order valence-corrected chi connectivity index (χ2v) is 6.59. The topological polar surface area (TPSA) is 72.2 Å². The number of nitrogens with one attached hydrogen (secondary N) is 1. The van der Waals surface area contributed by atoms with E-state index in [1.165, 1.54) is 12.1 Å². The number of anilines is 1. The summed E-state index contributed by atoms with van der Waals surface area (Å²) in [6.45, 7) is 1.89. The molecule has 0 saturated heterocycles. The van der Waals surface area contributed by atoms with Crippen molar-refractivity contribution in [1.82, 2.24) is 0 Å². The Morgan fingerprint density at radius 1 is 1.24 bits per heavy atom. The maximum Gasteiger partial charge on any atom is 0.262 e. The molecule has 2 rings (SSSR count). The third-order valence-electron chi connectivity index (χ3n) is 2.95. The van der Waals surface area contributed by atoms with Crippen molar-refractivity contribution >= 4 is 27.3 Å². The van der Waals surface area contributed by atoms with Crippen molar-refractivity contribution < 1.29 is 12.8 Å². The van der Waals surface area contributed by atoms with E-state index in [-0.39, 0.29) is 22.2 Å². The zero-order valence-electron chi connectivity index (χ0n) is 11.2. The normalized spacial score (nSPS) is 11.4. The zero-order chi connectivity index (χ0) is 15.6. The molecule has 0 aliphatic heterocycles. The van der Waals surface area contributed by atoms with E-state index in [1.807, 2.05) is 0 Å². The SMILES string of the molecule is Cc1ccc(CN)cc1S(=O)(=O)Nc1cc(F)ccc1Cl. The molecule has 0 saturated carbocycles. The Balaban J connectivity index is 2.45. The number of nitrogens with two attached hydrogens (primary N) is 1. The first-order valence-electron chi connectivity index (χ1n) is 6.11. The van der Waals surface area contributed by atoms with E-state index < -0.39 is 15.8 Å². The summed E-state index contributed by atoms with van der Waals surface area (Å²) in [7, 11) is -3.87. The van der Waals surface area contributed by atoms with Crippen molar-refractivity contribution in [2.75, 3.05) is 4.72 Å². The first-order chi connectivity index (χ1) is 9.83. The van der Waals surface area contributed by atoms with Gasteiger partial charge in [0.15, 0.2) is 0 Å². The van der Waals surface area contributed by atoms with Crippen LogP contribution in [0.5, 0.6) is 0 Å². The summed E-state index contributed by atoms with van der Waals surface area (Å²) in [6.07, 6.45) is 0. The van der Waals surface area contributed by atoms with Crippen LogP contribution in [0.2, 0.25) is 5.02 Å². The average molecular weight is 329 g/mol. The van der Waals surface area contributed by atoms with Gasteiger partial charge in [-0.1, -0.05) is 23.7 Å². The molecule has 7 heteroatoms. The number of aryl methyl sites for hydroxylation is 1. The Morgan fingerprint density at radius 3 is 2.62 bits per heavy atom. The maximum atomic E-state index is 13.2. The van der Waals surface area contributed by atoms with Crippen LogP contribution in [-0.4, -0.2) is 8.42 Å². The van der Waals surface area contributed by atoms with Crippen LogP contribution in [0.3, 0.4) is 0 Å². The molecule has 3 N–H and O–H groups in total. The molecule has 112 valence electrons. The smallest absolute Gasteiger partial charge is 0.262 e. The van der Waals surface area contributed by atoms with Crippen molar-refractivity contribution in [3.63, 3.8) is 0 Å². The van der Waals surface area contributed by atoms with Crippen molar-refractivity contribution in [2.24, 2.45) is 5.73 Å². The minimum Gasteiger partial charge on any atom is -0.326 e. The lowest BCUT2D eigenvalue weighted by atomic mass is 10.1. The Hall–Kier alpha value is -1.63. The van der Waals surface area contributed by atoms with Gasteiger partial charge in [-0.25, -0.2) is 12.8 Å². The van der Waals surface area contributed by atoms with Gasteiger partial charge in [-0.2, -0.15) is 0 Å². The van der Waals surface area contributed by atoms with Crippen LogP contribution >= 0.6 is 11.6 Å². The van der Waals surface area contributed by atoms with Gasteiger partial charge in [0.05, 0.1) is 15.6 Å². The van der Waals surface area contributed by atoms with Gasteiger partial charge in [-0.3, -0.25) is 4.72 Å². The Morgan fingerprint density at radius 2 is 1.95 bits per heavy atom. The summed E-state index contributed by atoms with van der Waals surface area (Å²) in [5.74, 6) is -0.579. The molecule has 0 bridgehead atoms. The Kier molecular flexibility index (Phi) is 4.51. The van der Waals surface area contributed by atoms with Crippen LogP contribution in [0.15, 0.2) is 41.3 Å². The zero-order valence-corrected chi connectivity index (χ0v) is 12.8. The molecule has 0 heterocycles. The molecule has 0 atom stereocenters. The summed E-state index contributed by atoms with van der Waals surface area (Å²) in [4.78, 5) is 0.0887. The molecule has 2 aromatic rings. The van der Waals surface area contributed by atoms with E-state index in [9.17, 15) is 12.8 Å². The first kappa shape index (κ1) is 15.8. The first-order valence-corrected chi connectivity index (χ1v) is 7.97. The number of sulfonamides is 1. The highest BCUT2D eigenvalue weighted by molar-refractivity contribution is 7.92. The van der Waals surface area contributed by atoms with Gasteiger partial charge < -0.3 is 5.73 Å². The summed E-state index contributed by atoms with van der Waals surface area (Å²) >= 11 is 5.87. The molecule has 4 nitrogen and oxygen atoms in total. The molecule has 0 spiro atoms. The van der Waals surface area contributed by atoms with Gasteiger partial charge in [-0.05, 0) is 42.3 Å². The van der Waals surface area contributed by atoms with Crippen LogP contribution in [0, 0.1) is 12.7 Å². The monoisotopic (exact) mass is 328 g/mol. The fourth-order valence-corrected chi connectivity index (χ4v) is 3.42. The van der Waals surface area contributed by atoms with Gasteiger partial charge in [0.25, 0.3) is 10.0 Å². The number of hydrogen-bond acceptors (Lipinski definition) is 3. The fraction of sp³-hybridized carbons (Fsp3) is 0.143. The average Bonchev–Trinajstić information content (AvgIpc) is 2.43. The highest BCUT2D eigenvalue weighted by Gasteiger charge is 2.19. The summed E-state index contributed by atoms with van der Waals surface area (Å²) in [5.41, 5.74) is 6.77. The molecular weight excluding hydrogens is 315 g/mol. The second kappa shape index (κ2) is 6.01. The third kappa shape index (κ3) is 3.53. The lowest BCUT2D eigenvalue weighted by Crippen LogP contribution is -2.15. The van der Waals surface area contributed by atoms with Gasteiger partial charge in [0, 0.05) is 6.54 Å². The van der Waals surface area contributed by atoms with E-state index in [0.717, 1.165) is 12.1 Å². The quantitative estimate of drug-likeness (QED) is 0.906. The number of halogens is 2. The Bertz CT molecular complexity index is 779. The van der Waals surface area contributed by atoms with Gasteiger partial charge >= 0.3 is 0 Å². The number of rotatable bonds is 4. The van der Waals surface area contributed by atoms with Crippen LogP contribution in [0.25, 0.3) is 0 Å². The molecule has 0 unspecified atom stereocenters. The molecule has 21 heavy (non-hydrogen) atoms. The van der Waals surface area contributed by atoms with Crippen LogP contribution in [0.1, 0.15) is 11.1 Å². The molecule has 0 aliphatic carbocycles. The minimum atomic E-state index is -3.87. The molecule has 0 radical (unpaired) electrons. The lowest BCUT2D eigenvalue weighted by molar-refractivity contribution is 0.600. The van der Waals surface area contributed by atoms with Crippen molar-refractivity contribution in [3.8, 4) is 0 Å². The predicted molar refractivity (Wildman–Crippen MR) is 81.3 cm³/mol.